The van der Waals surface area contributed by atoms with Crippen LogP contribution in [-0.4, -0.2) is 28.9 Å². The monoisotopic (exact) mass is 349 g/mol. The Labute approximate surface area is 129 Å². The average molecular weight is 350 g/mol. The molecule has 0 spiro atoms. The highest BCUT2D eigenvalue weighted by molar-refractivity contribution is 9.10. The summed E-state index contributed by atoms with van der Waals surface area (Å²) in [7, 11) is 0. The fourth-order valence-electron chi connectivity index (χ4n) is 1.96. The summed E-state index contributed by atoms with van der Waals surface area (Å²) < 4.78 is 6.70. The Kier molecular flexibility index (Phi) is 4.19. The molecule has 1 heterocycles. The Morgan fingerprint density at radius 3 is 2.85 bits per heavy atom. The second-order valence-corrected chi connectivity index (χ2v) is 6.34. The van der Waals surface area contributed by atoms with Gasteiger partial charge in [0, 0.05) is 10.0 Å². The zero-order chi connectivity index (χ0) is 13.9. The lowest BCUT2D eigenvalue weighted by atomic mass is 10.1. The van der Waals surface area contributed by atoms with E-state index in [1.807, 2.05) is 48.6 Å². The van der Waals surface area contributed by atoms with Gasteiger partial charge in [-0.1, -0.05) is 52.0 Å². The van der Waals surface area contributed by atoms with E-state index in [2.05, 4.69) is 20.9 Å². The van der Waals surface area contributed by atoms with Crippen molar-refractivity contribution in [3.8, 4) is 0 Å². The normalized spacial score (nSPS) is 23.6. The Bertz CT molecular complexity index is 607. The lowest BCUT2D eigenvalue weighted by Crippen LogP contribution is -2.16. The van der Waals surface area contributed by atoms with Gasteiger partial charge in [0.25, 0.3) is 0 Å². The van der Waals surface area contributed by atoms with E-state index in [1.54, 1.807) is 0 Å². The van der Waals surface area contributed by atoms with Gasteiger partial charge in [-0.3, -0.25) is 4.79 Å². The van der Waals surface area contributed by atoms with Crippen LogP contribution in [0.1, 0.15) is 10.4 Å². The van der Waals surface area contributed by atoms with Gasteiger partial charge in [-0.15, -0.1) is 0 Å². The molecule has 0 saturated carbocycles. The molecule has 1 aromatic rings. The summed E-state index contributed by atoms with van der Waals surface area (Å²) in [5.41, 5.74) is 1.35. The zero-order valence-electron chi connectivity index (χ0n) is 10.5. The number of nitrogens with zero attached hydrogens (tertiary/aromatic N) is 1. The number of rotatable bonds is 4. The standard InChI is InChI=1S/C15H12BrNO2S/c16-11-7-5-10(6-8-11)13(18)9-20-15-17-12-3-1-2-4-14(12)19-15/h1-8,14-15H,9H2/t14-,15+/m0/s1. The first-order valence-electron chi connectivity index (χ1n) is 6.21. The molecule has 0 aromatic heterocycles. The number of allylic oxidation sites excluding steroid dienone is 2. The molecule has 1 aromatic carbocycles. The molecule has 2 aliphatic rings. The quantitative estimate of drug-likeness (QED) is 0.779. The van der Waals surface area contributed by atoms with Crippen LogP contribution in [0.2, 0.25) is 0 Å². The van der Waals surface area contributed by atoms with Crippen molar-refractivity contribution >= 4 is 39.2 Å². The van der Waals surface area contributed by atoms with Crippen molar-refractivity contribution in [2.45, 2.75) is 11.7 Å². The number of benzene rings is 1. The van der Waals surface area contributed by atoms with Crippen molar-refractivity contribution in [2.24, 2.45) is 4.99 Å². The van der Waals surface area contributed by atoms with Crippen molar-refractivity contribution in [1.29, 1.82) is 0 Å². The van der Waals surface area contributed by atoms with Crippen molar-refractivity contribution in [3.63, 3.8) is 0 Å². The van der Waals surface area contributed by atoms with Gasteiger partial charge in [-0.2, -0.15) is 0 Å². The molecule has 0 N–H and O–H groups in total. The molecule has 0 unspecified atom stereocenters. The molecule has 3 nitrogen and oxygen atoms in total. The minimum atomic E-state index is -0.290. The summed E-state index contributed by atoms with van der Waals surface area (Å²) in [6.07, 6.45) is 7.75. The van der Waals surface area contributed by atoms with Crippen LogP contribution in [0.4, 0.5) is 0 Å². The van der Waals surface area contributed by atoms with Gasteiger partial charge >= 0.3 is 0 Å². The maximum Gasteiger partial charge on any atom is 0.198 e. The molecule has 0 bridgehead atoms. The largest absolute Gasteiger partial charge is 0.333 e. The topological polar surface area (TPSA) is 38.7 Å². The van der Waals surface area contributed by atoms with Gasteiger partial charge in [-0.05, 0) is 24.3 Å². The number of hydrogen-bond donors (Lipinski definition) is 0. The fraction of sp³-hybridized carbons (Fsp3) is 0.200. The van der Waals surface area contributed by atoms with Gasteiger partial charge in [0.05, 0.1) is 11.5 Å². The van der Waals surface area contributed by atoms with Crippen LogP contribution in [0.5, 0.6) is 0 Å². The Morgan fingerprint density at radius 2 is 2.10 bits per heavy atom. The molecular formula is C15H12BrNO2S. The molecular weight excluding hydrogens is 338 g/mol. The van der Waals surface area contributed by atoms with E-state index in [-0.39, 0.29) is 17.4 Å². The smallest absolute Gasteiger partial charge is 0.198 e. The molecule has 1 aliphatic heterocycles. The summed E-state index contributed by atoms with van der Waals surface area (Å²) in [6.45, 7) is 0. The lowest BCUT2D eigenvalue weighted by molar-refractivity contribution is 0.101. The Hall–Kier alpha value is -1.17. The molecule has 20 heavy (non-hydrogen) atoms. The first-order valence-corrected chi connectivity index (χ1v) is 8.05. The van der Waals surface area contributed by atoms with E-state index in [1.165, 1.54) is 11.8 Å². The number of fused-ring (bicyclic) bond motifs is 1. The SMILES string of the molecule is O=C(CS[C@@H]1N=C2C=CC=C[C@@H]2O1)c1ccc(Br)cc1. The highest BCUT2D eigenvalue weighted by Crippen LogP contribution is 2.26. The Balaban J connectivity index is 1.57. The number of carbonyl (C=O) groups is 1. The molecule has 0 amide bonds. The average Bonchev–Trinajstić information content (AvgIpc) is 2.88. The lowest BCUT2D eigenvalue weighted by Gasteiger charge is -2.10. The summed E-state index contributed by atoms with van der Waals surface area (Å²) in [4.78, 5) is 16.5. The van der Waals surface area contributed by atoms with E-state index >= 15 is 0 Å². The van der Waals surface area contributed by atoms with E-state index in [4.69, 9.17) is 4.74 Å². The summed E-state index contributed by atoms with van der Waals surface area (Å²) in [5, 5.41) is 0. The maximum absolute atomic E-state index is 12.1. The molecule has 102 valence electrons. The second kappa shape index (κ2) is 6.08. The van der Waals surface area contributed by atoms with Gasteiger partial charge in [-0.25, -0.2) is 4.99 Å². The van der Waals surface area contributed by atoms with Gasteiger partial charge in [0.1, 0.15) is 6.10 Å². The summed E-state index contributed by atoms with van der Waals surface area (Å²) >= 11 is 4.77. The number of thioether (sulfide) groups is 1. The molecule has 1 aliphatic carbocycles. The number of aliphatic imine (C=N–C) groups is 1. The van der Waals surface area contributed by atoms with Gasteiger partial charge in [0.2, 0.25) is 0 Å². The number of halogens is 1. The second-order valence-electron chi connectivity index (χ2n) is 4.40. The first kappa shape index (κ1) is 13.8. The number of hydrogen-bond acceptors (Lipinski definition) is 4. The number of Topliss-reactive ketones (excluding diaryl/α,β-unsaturated/α-hetero) is 1. The predicted octanol–water partition coefficient (Wildman–Crippen LogP) is 3.61. The predicted molar refractivity (Wildman–Crippen MR) is 85.3 cm³/mol. The molecule has 2 atom stereocenters. The van der Waals surface area contributed by atoms with Crippen LogP contribution < -0.4 is 0 Å². The zero-order valence-corrected chi connectivity index (χ0v) is 12.9. The summed E-state index contributed by atoms with van der Waals surface area (Å²) in [6, 6.07) is 7.38. The third kappa shape index (κ3) is 3.11. The van der Waals surface area contributed by atoms with Crippen molar-refractivity contribution in [3.05, 3.63) is 58.6 Å². The van der Waals surface area contributed by atoms with Crippen LogP contribution in [0.15, 0.2) is 58.0 Å². The summed E-state index contributed by atoms with van der Waals surface area (Å²) in [5.74, 6) is 0.454. The minimum absolute atomic E-state index is 0.0553. The maximum atomic E-state index is 12.1. The van der Waals surface area contributed by atoms with Crippen molar-refractivity contribution < 1.29 is 9.53 Å². The minimum Gasteiger partial charge on any atom is -0.333 e. The van der Waals surface area contributed by atoms with E-state index in [0.717, 1.165) is 10.2 Å². The highest BCUT2D eigenvalue weighted by atomic mass is 79.9. The highest BCUT2D eigenvalue weighted by Gasteiger charge is 2.27. The molecule has 0 saturated heterocycles. The number of ketones is 1. The van der Waals surface area contributed by atoms with Crippen LogP contribution in [0.3, 0.4) is 0 Å². The third-order valence-electron chi connectivity index (χ3n) is 3.00. The molecule has 3 rings (SSSR count). The van der Waals surface area contributed by atoms with Crippen LogP contribution in [0, 0.1) is 0 Å². The van der Waals surface area contributed by atoms with Gasteiger partial charge < -0.3 is 4.74 Å². The van der Waals surface area contributed by atoms with E-state index < -0.39 is 0 Å². The molecule has 0 radical (unpaired) electrons. The number of ether oxygens (including phenoxy) is 1. The third-order valence-corrected chi connectivity index (χ3v) is 4.46. The van der Waals surface area contributed by atoms with Crippen LogP contribution in [-0.2, 0) is 4.74 Å². The fourth-order valence-corrected chi connectivity index (χ4v) is 3.08. The first-order chi connectivity index (χ1) is 9.72. The van der Waals surface area contributed by atoms with Crippen molar-refractivity contribution in [2.75, 3.05) is 5.75 Å². The van der Waals surface area contributed by atoms with Crippen LogP contribution in [0.25, 0.3) is 0 Å². The van der Waals surface area contributed by atoms with E-state index in [0.29, 0.717) is 11.3 Å². The molecule has 0 fully saturated rings. The Morgan fingerprint density at radius 1 is 1.30 bits per heavy atom. The van der Waals surface area contributed by atoms with Crippen molar-refractivity contribution in [1.82, 2.24) is 0 Å². The van der Waals surface area contributed by atoms with Crippen LogP contribution >= 0.6 is 27.7 Å². The number of carbonyl (C=O) groups excluding carboxylic acids is 1. The van der Waals surface area contributed by atoms with E-state index in [9.17, 15) is 4.79 Å². The molecule has 5 heteroatoms. The van der Waals surface area contributed by atoms with Gasteiger partial charge in [0.15, 0.2) is 11.3 Å².